The summed E-state index contributed by atoms with van der Waals surface area (Å²) in [7, 11) is 0. The Bertz CT molecular complexity index is 621. The first-order valence-electron chi connectivity index (χ1n) is 6.79. The third-order valence-electron chi connectivity index (χ3n) is 3.49. The average Bonchev–Trinajstić information content (AvgIpc) is 2.41. The molecule has 2 aromatic rings. The minimum absolute atomic E-state index is 0.741. The first-order chi connectivity index (χ1) is 9.52. The van der Waals surface area contributed by atoms with Crippen LogP contribution in [0.2, 0.25) is 10.0 Å². The van der Waals surface area contributed by atoms with Crippen LogP contribution >= 0.6 is 23.2 Å². The van der Waals surface area contributed by atoms with Crippen molar-refractivity contribution in [2.24, 2.45) is 0 Å². The molecule has 0 fully saturated rings. The molecule has 0 aliphatic carbocycles. The van der Waals surface area contributed by atoms with Crippen LogP contribution in [0.25, 0.3) is 11.1 Å². The van der Waals surface area contributed by atoms with Crippen LogP contribution in [0.15, 0.2) is 30.3 Å². The molecular weight excluding hydrogens is 289 g/mol. The smallest absolute Gasteiger partial charge is 0.0488 e. The van der Waals surface area contributed by atoms with Crippen LogP contribution in [0.3, 0.4) is 0 Å². The van der Waals surface area contributed by atoms with Crippen LogP contribution in [-0.2, 0) is 6.54 Å². The summed E-state index contributed by atoms with van der Waals surface area (Å²) in [6.45, 7) is 8.01. The second-order valence-electron chi connectivity index (χ2n) is 5.01. The third kappa shape index (κ3) is 3.35. The fourth-order valence-electron chi connectivity index (χ4n) is 2.14. The van der Waals surface area contributed by atoms with Crippen molar-refractivity contribution in [3.8, 4) is 11.1 Å². The lowest BCUT2D eigenvalue weighted by molar-refractivity contribution is 0.727. The maximum atomic E-state index is 6.42. The van der Waals surface area contributed by atoms with Crippen molar-refractivity contribution in [2.75, 3.05) is 6.54 Å². The summed E-state index contributed by atoms with van der Waals surface area (Å²) in [5.74, 6) is 0. The van der Waals surface area contributed by atoms with Crippen molar-refractivity contribution < 1.29 is 0 Å². The van der Waals surface area contributed by atoms with E-state index in [0.717, 1.165) is 34.3 Å². The van der Waals surface area contributed by atoms with Crippen molar-refractivity contribution in [1.82, 2.24) is 5.32 Å². The predicted octanol–water partition coefficient (Wildman–Crippen LogP) is 5.39. The molecule has 0 unspecified atom stereocenters. The third-order valence-corrected chi connectivity index (χ3v) is 4.11. The van der Waals surface area contributed by atoms with Gasteiger partial charge in [-0.3, -0.25) is 0 Å². The molecule has 0 saturated carbocycles. The fourth-order valence-corrected chi connectivity index (χ4v) is 2.77. The maximum absolute atomic E-state index is 6.42. The topological polar surface area (TPSA) is 12.0 Å². The second kappa shape index (κ2) is 6.62. The Hall–Kier alpha value is -1.02. The van der Waals surface area contributed by atoms with Gasteiger partial charge in [-0.05, 0) is 55.3 Å². The van der Waals surface area contributed by atoms with Gasteiger partial charge >= 0.3 is 0 Å². The maximum Gasteiger partial charge on any atom is 0.0488 e. The molecule has 106 valence electrons. The Morgan fingerprint density at radius 1 is 0.900 bits per heavy atom. The quantitative estimate of drug-likeness (QED) is 0.799. The van der Waals surface area contributed by atoms with E-state index in [-0.39, 0.29) is 0 Å². The number of rotatable bonds is 4. The van der Waals surface area contributed by atoms with E-state index >= 15 is 0 Å². The van der Waals surface area contributed by atoms with Crippen LogP contribution in [0.4, 0.5) is 0 Å². The molecule has 0 bridgehead atoms. The highest BCUT2D eigenvalue weighted by Crippen LogP contribution is 2.35. The van der Waals surface area contributed by atoms with Gasteiger partial charge < -0.3 is 5.32 Å². The molecule has 1 nitrogen and oxygen atoms in total. The Morgan fingerprint density at radius 2 is 1.55 bits per heavy atom. The van der Waals surface area contributed by atoms with Crippen LogP contribution in [0.5, 0.6) is 0 Å². The molecular formula is C17H19Cl2N. The summed E-state index contributed by atoms with van der Waals surface area (Å²) in [6.07, 6.45) is 0. The molecule has 20 heavy (non-hydrogen) atoms. The number of aryl methyl sites for hydroxylation is 2. The highest BCUT2D eigenvalue weighted by atomic mass is 35.5. The van der Waals surface area contributed by atoms with Gasteiger partial charge in [-0.25, -0.2) is 0 Å². The largest absolute Gasteiger partial charge is 0.313 e. The number of hydrogen-bond donors (Lipinski definition) is 1. The first kappa shape index (κ1) is 15.4. The number of nitrogens with one attached hydrogen (secondary N) is 1. The summed E-state index contributed by atoms with van der Waals surface area (Å²) in [6, 6.07) is 10.2. The van der Waals surface area contributed by atoms with Crippen LogP contribution < -0.4 is 5.32 Å². The average molecular weight is 308 g/mol. The number of benzene rings is 2. The predicted molar refractivity (Wildman–Crippen MR) is 88.8 cm³/mol. The van der Waals surface area contributed by atoms with E-state index < -0.39 is 0 Å². The van der Waals surface area contributed by atoms with Gasteiger partial charge in [0, 0.05) is 27.7 Å². The van der Waals surface area contributed by atoms with E-state index in [4.69, 9.17) is 23.2 Å². The second-order valence-corrected chi connectivity index (χ2v) is 5.83. The number of halogens is 2. The standard InChI is InChI=1S/C17H19Cl2N/c1-4-20-10-13-5-6-14(17(19)9-13)15-7-11(2)12(3)8-16(15)18/h5-9,20H,4,10H2,1-3H3. The zero-order valence-corrected chi connectivity index (χ0v) is 13.6. The molecule has 0 heterocycles. The normalized spacial score (nSPS) is 10.8. The first-order valence-corrected chi connectivity index (χ1v) is 7.54. The zero-order chi connectivity index (χ0) is 14.7. The highest BCUT2D eigenvalue weighted by Gasteiger charge is 2.10. The van der Waals surface area contributed by atoms with Gasteiger partial charge in [-0.2, -0.15) is 0 Å². The lowest BCUT2D eigenvalue weighted by atomic mass is 9.99. The molecule has 0 spiro atoms. The van der Waals surface area contributed by atoms with Crippen molar-refractivity contribution >= 4 is 23.2 Å². The molecule has 3 heteroatoms. The summed E-state index contributed by atoms with van der Waals surface area (Å²) in [4.78, 5) is 0. The Morgan fingerprint density at radius 3 is 2.20 bits per heavy atom. The fraction of sp³-hybridized carbons (Fsp3) is 0.294. The summed E-state index contributed by atoms with van der Waals surface area (Å²) >= 11 is 12.8. The molecule has 1 N–H and O–H groups in total. The minimum Gasteiger partial charge on any atom is -0.313 e. The van der Waals surface area contributed by atoms with Gasteiger partial charge in [-0.15, -0.1) is 0 Å². The lowest BCUT2D eigenvalue weighted by Gasteiger charge is -2.12. The molecule has 0 aromatic heterocycles. The van der Waals surface area contributed by atoms with Gasteiger partial charge in [0.15, 0.2) is 0 Å². The molecule has 0 amide bonds. The highest BCUT2D eigenvalue weighted by molar-refractivity contribution is 6.36. The van der Waals surface area contributed by atoms with Gasteiger partial charge in [-0.1, -0.05) is 42.3 Å². The Labute approximate surface area is 130 Å². The summed E-state index contributed by atoms with van der Waals surface area (Å²) in [5, 5.41) is 4.78. The molecule has 0 radical (unpaired) electrons. The van der Waals surface area contributed by atoms with E-state index in [0.29, 0.717) is 0 Å². The van der Waals surface area contributed by atoms with Crippen molar-refractivity contribution in [3.05, 3.63) is 57.1 Å². The molecule has 2 rings (SSSR count). The molecule has 0 atom stereocenters. The SMILES string of the molecule is CCNCc1ccc(-c2cc(C)c(C)cc2Cl)c(Cl)c1. The van der Waals surface area contributed by atoms with Crippen molar-refractivity contribution in [3.63, 3.8) is 0 Å². The minimum atomic E-state index is 0.741. The van der Waals surface area contributed by atoms with Gasteiger partial charge in [0.05, 0.1) is 0 Å². The summed E-state index contributed by atoms with van der Waals surface area (Å²) < 4.78 is 0. The van der Waals surface area contributed by atoms with Crippen LogP contribution in [0, 0.1) is 13.8 Å². The summed E-state index contributed by atoms with van der Waals surface area (Å²) in [5.41, 5.74) is 5.58. The number of hydrogen-bond acceptors (Lipinski definition) is 1. The molecule has 0 saturated heterocycles. The van der Waals surface area contributed by atoms with Gasteiger partial charge in [0.1, 0.15) is 0 Å². The van der Waals surface area contributed by atoms with E-state index in [1.807, 2.05) is 18.2 Å². The Kier molecular flexibility index (Phi) is 5.09. The Balaban J connectivity index is 2.41. The van der Waals surface area contributed by atoms with E-state index in [1.165, 1.54) is 16.7 Å². The van der Waals surface area contributed by atoms with Crippen LogP contribution in [-0.4, -0.2) is 6.54 Å². The monoisotopic (exact) mass is 307 g/mol. The zero-order valence-electron chi connectivity index (χ0n) is 12.1. The van der Waals surface area contributed by atoms with Crippen molar-refractivity contribution in [2.45, 2.75) is 27.3 Å². The van der Waals surface area contributed by atoms with E-state index in [2.05, 4.69) is 38.2 Å². The van der Waals surface area contributed by atoms with Gasteiger partial charge in [0.2, 0.25) is 0 Å². The van der Waals surface area contributed by atoms with E-state index in [1.54, 1.807) is 0 Å². The molecule has 0 aliphatic rings. The molecule has 2 aromatic carbocycles. The van der Waals surface area contributed by atoms with Crippen molar-refractivity contribution in [1.29, 1.82) is 0 Å². The lowest BCUT2D eigenvalue weighted by Crippen LogP contribution is -2.11. The molecule has 0 aliphatic heterocycles. The van der Waals surface area contributed by atoms with Crippen LogP contribution in [0.1, 0.15) is 23.6 Å². The van der Waals surface area contributed by atoms with E-state index in [9.17, 15) is 0 Å². The van der Waals surface area contributed by atoms with Gasteiger partial charge in [0.25, 0.3) is 0 Å².